The van der Waals surface area contributed by atoms with Gasteiger partial charge in [-0.05, 0) is 89.8 Å². The van der Waals surface area contributed by atoms with Gasteiger partial charge in [0.25, 0.3) is 0 Å². The standard InChI is InChI=1S/C52H38N4/c1-3-18-38-35(2)19-17-29-46(38)55-48-28-15-13-25-42(48)51-41-24-11-10-22-39(41)43(34-50(51)55)37-30-31-49-44(33-37)40-23-12-14-27-47(40)56(49)52-53-32-16-5-4-9-26-45(54-52)36-20-7-6-8-21-36/h3-34H,1-2H3/b5-4?,9-4?,16-5?,18-3-,26-9?,32-16?,45-26?,53-32?,53-52?,54-45?,54-52?. The van der Waals surface area contributed by atoms with Crippen molar-refractivity contribution in [2.24, 2.45) is 0 Å². The molecule has 0 unspecified atom stereocenters. The molecule has 56 heavy (non-hydrogen) atoms. The molecule has 0 amide bonds. The lowest BCUT2D eigenvalue weighted by atomic mass is 9.94. The summed E-state index contributed by atoms with van der Waals surface area (Å²) in [5, 5.41) is 7.28. The molecule has 3 aromatic heterocycles. The van der Waals surface area contributed by atoms with Crippen molar-refractivity contribution in [2.75, 3.05) is 0 Å². The van der Waals surface area contributed by atoms with Crippen molar-refractivity contribution >= 4 is 60.5 Å². The van der Waals surface area contributed by atoms with Crippen LogP contribution in [0.4, 0.5) is 0 Å². The lowest BCUT2D eigenvalue weighted by Crippen LogP contribution is -2.00. The Morgan fingerprint density at radius 1 is 0.482 bits per heavy atom. The third-order valence-corrected chi connectivity index (χ3v) is 10.9. The molecule has 0 fully saturated rings. The third kappa shape index (κ3) is 5.46. The molecule has 0 aliphatic heterocycles. The number of fused-ring (bicyclic) bond motifs is 8. The lowest BCUT2D eigenvalue weighted by molar-refractivity contribution is 1.01. The molecule has 0 aliphatic carbocycles. The van der Waals surface area contributed by atoms with E-state index in [1.54, 1.807) is 0 Å². The summed E-state index contributed by atoms with van der Waals surface area (Å²) in [6.07, 6.45) is 6.19. The summed E-state index contributed by atoms with van der Waals surface area (Å²) in [5.41, 5.74) is 12.3. The average Bonchev–Trinajstić information content (AvgIpc) is 3.76. The molecule has 0 aliphatic rings. The van der Waals surface area contributed by atoms with Crippen LogP contribution in [0, 0.1) is 6.92 Å². The highest BCUT2D eigenvalue weighted by Gasteiger charge is 2.21. The first-order valence-electron chi connectivity index (χ1n) is 19.1. The van der Waals surface area contributed by atoms with Gasteiger partial charge in [0.1, 0.15) is 0 Å². The van der Waals surface area contributed by atoms with E-state index in [-0.39, 0.29) is 0 Å². The van der Waals surface area contributed by atoms with Crippen molar-refractivity contribution in [3.8, 4) is 34.0 Å². The molecule has 0 bridgehead atoms. The first-order chi connectivity index (χ1) is 27.7. The van der Waals surface area contributed by atoms with E-state index in [4.69, 9.17) is 9.97 Å². The molecule has 4 nitrogen and oxygen atoms in total. The monoisotopic (exact) mass is 718 g/mol. The molecule has 0 N–H and O–H groups in total. The van der Waals surface area contributed by atoms with Crippen molar-refractivity contribution in [1.82, 2.24) is 19.1 Å². The molecule has 266 valence electrons. The van der Waals surface area contributed by atoms with Gasteiger partial charge in [-0.2, -0.15) is 0 Å². The number of aryl methyl sites for hydroxylation is 1. The molecular weight excluding hydrogens is 681 g/mol. The highest BCUT2D eigenvalue weighted by atomic mass is 15.1. The van der Waals surface area contributed by atoms with Gasteiger partial charge >= 0.3 is 0 Å². The highest BCUT2D eigenvalue weighted by Crippen LogP contribution is 2.43. The van der Waals surface area contributed by atoms with Crippen molar-refractivity contribution in [2.45, 2.75) is 13.8 Å². The Hall–Kier alpha value is -7.30. The number of nitrogens with zero attached hydrogens (tertiary/aromatic N) is 4. The number of allylic oxidation sites excluding steroid dienone is 1. The zero-order valence-electron chi connectivity index (χ0n) is 31.3. The second kappa shape index (κ2) is 13.8. The summed E-state index contributed by atoms with van der Waals surface area (Å²) >= 11 is 0. The van der Waals surface area contributed by atoms with Crippen molar-refractivity contribution in [3.63, 3.8) is 0 Å². The smallest absolute Gasteiger partial charge is 0.235 e. The van der Waals surface area contributed by atoms with Gasteiger partial charge in [-0.1, -0.05) is 140 Å². The van der Waals surface area contributed by atoms with Crippen LogP contribution in [-0.2, 0) is 0 Å². The zero-order valence-corrected chi connectivity index (χ0v) is 31.3. The first-order valence-corrected chi connectivity index (χ1v) is 19.1. The molecule has 10 rings (SSSR count). The van der Waals surface area contributed by atoms with Crippen LogP contribution >= 0.6 is 0 Å². The van der Waals surface area contributed by atoms with E-state index in [9.17, 15) is 0 Å². The Labute approximate surface area is 325 Å². The summed E-state index contributed by atoms with van der Waals surface area (Å²) in [7, 11) is 0. The molecule has 0 saturated heterocycles. The fourth-order valence-corrected chi connectivity index (χ4v) is 8.41. The van der Waals surface area contributed by atoms with Crippen LogP contribution in [0.5, 0.6) is 0 Å². The Morgan fingerprint density at radius 2 is 1.14 bits per heavy atom. The van der Waals surface area contributed by atoms with Gasteiger partial charge < -0.3 is 4.57 Å². The lowest BCUT2D eigenvalue weighted by Gasteiger charge is -2.15. The summed E-state index contributed by atoms with van der Waals surface area (Å²) in [6, 6.07) is 62.4. The summed E-state index contributed by atoms with van der Waals surface area (Å²) in [6.45, 7) is 4.29. The third-order valence-electron chi connectivity index (χ3n) is 10.9. The summed E-state index contributed by atoms with van der Waals surface area (Å²) < 4.78 is 4.66. The molecule has 0 atom stereocenters. The molecular formula is C52H38N4. The first kappa shape index (κ1) is 33.3. The van der Waals surface area contributed by atoms with E-state index in [1.807, 2.05) is 54.7 Å². The zero-order chi connectivity index (χ0) is 37.6. The topological polar surface area (TPSA) is 35.6 Å². The average molecular weight is 719 g/mol. The molecule has 7 aromatic carbocycles. The Bertz CT molecular complexity index is 3220. The number of benzene rings is 7. The van der Waals surface area contributed by atoms with Gasteiger partial charge in [-0.25, -0.2) is 9.97 Å². The van der Waals surface area contributed by atoms with Crippen LogP contribution in [0.15, 0.2) is 188 Å². The molecule has 0 radical (unpaired) electrons. The maximum Gasteiger partial charge on any atom is 0.235 e. The van der Waals surface area contributed by atoms with Gasteiger partial charge in [0, 0.05) is 38.9 Å². The second-order valence-corrected chi connectivity index (χ2v) is 14.2. The minimum absolute atomic E-state index is 0.602. The highest BCUT2D eigenvalue weighted by molar-refractivity contribution is 6.24. The van der Waals surface area contributed by atoms with Gasteiger partial charge in [0.05, 0.1) is 33.4 Å². The fraction of sp³-hybridized carbons (Fsp3) is 0.0385. The van der Waals surface area contributed by atoms with Crippen LogP contribution in [-0.4, -0.2) is 19.1 Å². The van der Waals surface area contributed by atoms with Crippen molar-refractivity contribution in [3.05, 3.63) is 199 Å². The number of rotatable bonds is 5. The molecule has 4 heteroatoms. The number of hydrogen-bond donors (Lipinski definition) is 0. The van der Waals surface area contributed by atoms with Gasteiger partial charge in [-0.15, -0.1) is 0 Å². The van der Waals surface area contributed by atoms with Crippen LogP contribution in [0.25, 0.3) is 94.5 Å². The number of para-hydroxylation sites is 2. The number of aromatic nitrogens is 4. The fourth-order valence-electron chi connectivity index (χ4n) is 8.41. The minimum Gasteiger partial charge on any atom is -0.309 e. The van der Waals surface area contributed by atoms with Gasteiger partial charge in [0.2, 0.25) is 5.95 Å². The Kier molecular flexibility index (Phi) is 8.23. The SMILES string of the molecule is C/C=C\c1c(C)cccc1-n1c2ccccc2c2c3ccccc3c(-c3ccc4c(c3)c3ccccc3n4-c3nccccccc(-c4ccccc4)n3)cc21. The van der Waals surface area contributed by atoms with Crippen LogP contribution in [0.1, 0.15) is 18.1 Å². The van der Waals surface area contributed by atoms with Gasteiger partial charge in [0.15, 0.2) is 0 Å². The minimum atomic E-state index is 0.602. The van der Waals surface area contributed by atoms with Gasteiger partial charge in [-0.3, -0.25) is 4.57 Å². The molecule has 10 aromatic rings. The number of hydrogen-bond acceptors (Lipinski definition) is 2. The van der Waals surface area contributed by atoms with E-state index in [0.717, 1.165) is 38.6 Å². The maximum atomic E-state index is 5.24. The maximum absolute atomic E-state index is 5.24. The van der Waals surface area contributed by atoms with Crippen LogP contribution in [0.3, 0.4) is 0 Å². The predicted octanol–water partition coefficient (Wildman–Crippen LogP) is 13.6. The predicted molar refractivity (Wildman–Crippen MR) is 236 cm³/mol. The Morgan fingerprint density at radius 3 is 1.96 bits per heavy atom. The Balaban J connectivity index is 1.26. The normalized spacial score (nSPS) is 11.7. The van der Waals surface area contributed by atoms with Crippen LogP contribution < -0.4 is 0 Å². The molecule has 0 saturated carbocycles. The van der Waals surface area contributed by atoms with E-state index in [2.05, 4.69) is 163 Å². The molecule has 3 heterocycles. The van der Waals surface area contributed by atoms with Crippen molar-refractivity contribution in [1.29, 1.82) is 0 Å². The van der Waals surface area contributed by atoms with Crippen LogP contribution in [0.2, 0.25) is 0 Å². The summed E-state index contributed by atoms with van der Waals surface area (Å²) in [5.74, 6) is 0.602. The van der Waals surface area contributed by atoms with E-state index >= 15 is 0 Å². The quantitative estimate of drug-likeness (QED) is 0.178. The van der Waals surface area contributed by atoms with E-state index in [1.165, 1.54) is 55.0 Å². The largest absolute Gasteiger partial charge is 0.309 e. The van der Waals surface area contributed by atoms with Crippen molar-refractivity contribution < 1.29 is 0 Å². The van der Waals surface area contributed by atoms with E-state index < -0.39 is 0 Å². The second-order valence-electron chi connectivity index (χ2n) is 14.2. The molecule has 0 spiro atoms. The van der Waals surface area contributed by atoms with E-state index in [0.29, 0.717) is 5.95 Å². The summed E-state index contributed by atoms with van der Waals surface area (Å²) in [4.78, 5) is 10.2.